The Kier molecular flexibility index (Phi) is 5.00. The third-order valence-electron chi connectivity index (χ3n) is 3.77. The summed E-state index contributed by atoms with van der Waals surface area (Å²) in [5.41, 5.74) is 1.08. The topological polar surface area (TPSA) is 72.5 Å². The van der Waals surface area contributed by atoms with E-state index in [9.17, 15) is 13.2 Å². The van der Waals surface area contributed by atoms with Gasteiger partial charge in [-0.15, -0.1) is 0 Å². The maximum absolute atomic E-state index is 12.5. The second kappa shape index (κ2) is 6.58. The summed E-state index contributed by atoms with van der Waals surface area (Å²) in [5.74, 6) is 0.00286. The van der Waals surface area contributed by atoms with Crippen LogP contribution in [0.1, 0.15) is 37.0 Å². The second-order valence-electron chi connectivity index (χ2n) is 5.16. The highest BCUT2D eigenvalue weighted by Gasteiger charge is 2.33. The first kappa shape index (κ1) is 16.0. The summed E-state index contributed by atoms with van der Waals surface area (Å²) in [7, 11) is -3.29. The minimum atomic E-state index is -3.29. The lowest BCUT2D eigenvalue weighted by Gasteiger charge is -2.15. The average Bonchev–Trinajstić information content (AvgIpc) is 2.95. The second-order valence-corrected chi connectivity index (χ2v) is 7.17. The maximum Gasteiger partial charge on any atom is 0.232 e. The van der Waals surface area contributed by atoms with Crippen molar-refractivity contribution in [2.24, 2.45) is 5.92 Å². The van der Waals surface area contributed by atoms with Gasteiger partial charge in [0, 0.05) is 17.9 Å². The molecule has 2 atom stereocenters. The van der Waals surface area contributed by atoms with Crippen LogP contribution >= 0.6 is 0 Å². The van der Waals surface area contributed by atoms with Crippen LogP contribution in [0.2, 0.25) is 0 Å². The number of ether oxygens (including phenoxy) is 1. The molecule has 116 valence electrons. The summed E-state index contributed by atoms with van der Waals surface area (Å²) in [6.45, 7) is 4.22. The van der Waals surface area contributed by atoms with Crippen LogP contribution < -0.4 is 4.72 Å². The molecule has 1 fully saturated rings. The molecule has 1 N–H and O–H groups in total. The van der Waals surface area contributed by atoms with Gasteiger partial charge in [0.2, 0.25) is 10.0 Å². The zero-order valence-electron chi connectivity index (χ0n) is 12.3. The Morgan fingerprint density at radius 2 is 1.95 bits per heavy atom. The fourth-order valence-electron chi connectivity index (χ4n) is 2.52. The molecular formula is C15H21NO4S. The monoisotopic (exact) mass is 311 g/mol. The highest BCUT2D eigenvalue weighted by molar-refractivity contribution is 7.92. The molecule has 0 amide bonds. The van der Waals surface area contributed by atoms with Gasteiger partial charge in [-0.05, 0) is 44.0 Å². The van der Waals surface area contributed by atoms with Crippen LogP contribution in [-0.2, 0) is 14.8 Å². The van der Waals surface area contributed by atoms with Gasteiger partial charge in [0.15, 0.2) is 5.78 Å². The molecule has 0 spiro atoms. The molecule has 1 saturated heterocycles. The van der Waals surface area contributed by atoms with Crippen molar-refractivity contribution in [3.63, 3.8) is 0 Å². The fraction of sp³-hybridized carbons (Fsp3) is 0.533. The summed E-state index contributed by atoms with van der Waals surface area (Å²) in [6, 6.07) is 6.58. The van der Waals surface area contributed by atoms with E-state index in [1.54, 1.807) is 31.2 Å². The van der Waals surface area contributed by atoms with Crippen molar-refractivity contribution in [1.29, 1.82) is 0 Å². The van der Waals surface area contributed by atoms with Gasteiger partial charge in [0.05, 0.1) is 17.8 Å². The number of rotatable bonds is 6. The largest absolute Gasteiger partial charge is 0.377 e. The molecule has 1 aromatic carbocycles. The molecule has 1 heterocycles. The first-order valence-electron chi connectivity index (χ1n) is 7.23. The van der Waals surface area contributed by atoms with Gasteiger partial charge < -0.3 is 4.74 Å². The number of nitrogens with one attached hydrogen (secondary N) is 1. The van der Waals surface area contributed by atoms with Crippen LogP contribution in [0.3, 0.4) is 0 Å². The van der Waals surface area contributed by atoms with Crippen molar-refractivity contribution in [1.82, 2.24) is 0 Å². The number of hydrogen-bond donors (Lipinski definition) is 1. The Balaban J connectivity index is 2.10. The Labute approximate surface area is 125 Å². The molecule has 0 bridgehead atoms. The van der Waals surface area contributed by atoms with Crippen LogP contribution in [0.4, 0.5) is 5.69 Å². The van der Waals surface area contributed by atoms with E-state index in [4.69, 9.17) is 4.74 Å². The van der Waals surface area contributed by atoms with E-state index >= 15 is 0 Å². The zero-order chi connectivity index (χ0) is 15.5. The van der Waals surface area contributed by atoms with Crippen molar-refractivity contribution in [2.75, 3.05) is 17.1 Å². The van der Waals surface area contributed by atoms with Crippen molar-refractivity contribution < 1.29 is 17.9 Å². The molecule has 6 heteroatoms. The Morgan fingerprint density at radius 3 is 2.52 bits per heavy atom. The zero-order valence-corrected chi connectivity index (χ0v) is 13.2. The number of benzene rings is 1. The number of Topliss-reactive ketones (excluding diaryl/α,β-unsaturated/α-hetero) is 1. The smallest absolute Gasteiger partial charge is 0.232 e. The Hall–Kier alpha value is -1.40. The standard InChI is InChI=1S/C15H21NO4S/c1-3-14-13(9-10-20-14)15(17)11-5-7-12(8-6-11)16-21(18,19)4-2/h5-8,13-14,16H,3-4,9-10H2,1-2H3. The normalized spacial score (nSPS) is 22.2. The van der Waals surface area contributed by atoms with Crippen molar-refractivity contribution in [3.05, 3.63) is 29.8 Å². The van der Waals surface area contributed by atoms with E-state index in [1.165, 1.54) is 0 Å². The lowest BCUT2D eigenvalue weighted by molar-refractivity contribution is 0.0689. The minimum Gasteiger partial charge on any atom is -0.377 e. The molecule has 0 aliphatic carbocycles. The van der Waals surface area contributed by atoms with Crippen LogP contribution in [-0.4, -0.2) is 32.7 Å². The molecule has 2 rings (SSSR count). The molecule has 5 nitrogen and oxygen atoms in total. The third-order valence-corrected chi connectivity index (χ3v) is 5.08. The Bertz CT molecular complexity index is 595. The van der Waals surface area contributed by atoms with Gasteiger partial charge in [0.25, 0.3) is 0 Å². The molecule has 0 saturated carbocycles. The summed E-state index contributed by atoms with van der Waals surface area (Å²) in [5, 5.41) is 0. The van der Waals surface area contributed by atoms with Crippen molar-refractivity contribution >= 4 is 21.5 Å². The van der Waals surface area contributed by atoms with Crippen molar-refractivity contribution in [3.8, 4) is 0 Å². The van der Waals surface area contributed by atoms with Gasteiger partial charge in [-0.2, -0.15) is 0 Å². The number of sulfonamides is 1. The molecule has 1 aromatic rings. The van der Waals surface area contributed by atoms with Crippen molar-refractivity contribution in [2.45, 2.75) is 32.8 Å². The van der Waals surface area contributed by atoms with E-state index in [1.807, 2.05) is 6.92 Å². The number of anilines is 1. The van der Waals surface area contributed by atoms with E-state index in [0.717, 1.165) is 12.8 Å². The summed E-state index contributed by atoms with van der Waals surface area (Å²) < 4.78 is 31.0. The molecule has 2 unspecified atom stereocenters. The number of hydrogen-bond acceptors (Lipinski definition) is 4. The van der Waals surface area contributed by atoms with E-state index in [0.29, 0.717) is 17.9 Å². The predicted molar refractivity (Wildman–Crippen MR) is 82.0 cm³/mol. The summed E-state index contributed by atoms with van der Waals surface area (Å²) in [4.78, 5) is 12.5. The van der Waals surface area contributed by atoms with Gasteiger partial charge in [-0.25, -0.2) is 8.42 Å². The maximum atomic E-state index is 12.5. The molecule has 1 aliphatic rings. The van der Waals surface area contributed by atoms with E-state index < -0.39 is 10.0 Å². The Morgan fingerprint density at radius 1 is 1.29 bits per heavy atom. The number of ketones is 1. The highest BCUT2D eigenvalue weighted by atomic mass is 32.2. The quantitative estimate of drug-likeness (QED) is 0.819. The molecule has 21 heavy (non-hydrogen) atoms. The van der Waals surface area contributed by atoms with Gasteiger partial charge in [0.1, 0.15) is 0 Å². The summed E-state index contributed by atoms with van der Waals surface area (Å²) in [6.07, 6.45) is 1.57. The molecule has 0 aromatic heterocycles. The van der Waals surface area contributed by atoms with Crippen LogP contribution in [0, 0.1) is 5.92 Å². The predicted octanol–water partition coefficient (Wildman–Crippen LogP) is 2.45. The van der Waals surface area contributed by atoms with Crippen LogP contribution in [0.15, 0.2) is 24.3 Å². The van der Waals surface area contributed by atoms with Crippen LogP contribution in [0.25, 0.3) is 0 Å². The lowest BCUT2D eigenvalue weighted by Crippen LogP contribution is -2.23. The van der Waals surface area contributed by atoms with E-state index in [-0.39, 0.29) is 23.6 Å². The average molecular weight is 311 g/mol. The molecule has 1 aliphatic heterocycles. The molecule has 0 radical (unpaired) electrons. The summed E-state index contributed by atoms with van der Waals surface area (Å²) >= 11 is 0. The third kappa shape index (κ3) is 3.83. The van der Waals surface area contributed by atoms with Gasteiger partial charge >= 0.3 is 0 Å². The van der Waals surface area contributed by atoms with E-state index in [2.05, 4.69) is 4.72 Å². The first-order chi connectivity index (χ1) is 9.96. The number of carbonyl (C=O) groups excluding carboxylic acids is 1. The number of carbonyl (C=O) groups is 1. The first-order valence-corrected chi connectivity index (χ1v) is 8.88. The van der Waals surface area contributed by atoms with Gasteiger partial charge in [-0.1, -0.05) is 6.92 Å². The minimum absolute atomic E-state index is 0.00392. The highest BCUT2D eigenvalue weighted by Crippen LogP contribution is 2.27. The lowest BCUT2D eigenvalue weighted by atomic mass is 9.90. The SMILES string of the molecule is CCC1OCCC1C(=O)c1ccc(NS(=O)(=O)CC)cc1. The van der Waals surface area contributed by atoms with Crippen LogP contribution in [0.5, 0.6) is 0 Å². The fourth-order valence-corrected chi connectivity index (χ4v) is 3.16. The van der Waals surface area contributed by atoms with Gasteiger partial charge in [-0.3, -0.25) is 9.52 Å². The molecular weight excluding hydrogens is 290 g/mol.